The van der Waals surface area contributed by atoms with Crippen LogP contribution in [0.15, 0.2) is 18.2 Å². The first-order chi connectivity index (χ1) is 9.65. The molecule has 20 heavy (non-hydrogen) atoms. The summed E-state index contributed by atoms with van der Waals surface area (Å²) in [6.45, 7) is 0. The quantitative estimate of drug-likeness (QED) is 0.636. The van der Waals surface area contributed by atoms with Crippen molar-refractivity contribution in [2.75, 3.05) is 5.73 Å². The summed E-state index contributed by atoms with van der Waals surface area (Å²) in [5.74, 6) is 2.38. The van der Waals surface area contributed by atoms with Gasteiger partial charge in [-0.15, -0.1) is 0 Å². The summed E-state index contributed by atoms with van der Waals surface area (Å²) in [6.07, 6.45) is 6.36. The summed E-state index contributed by atoms with van der Waals surface area (Å²) >= 11 is 2.30. The number of aryl methyl sites for hydroxylation is 1. The molecule has 0 amide bonds. The summed E-state index contributed by atoms with van der Waals surface area (Å²) in [5, 5.41) is 4.63. The molecule has 1 aliphatic carbocycles. The van der Waals surface area contributed by atoms with E-state index in [1.807, 2.05) is 23.9 Å². The molecule has 0 aliphatic heterocycles. The standard InChI is InChI=1S/C15H19IN4/c1-20-15(12-9-11(16)7-8-13(12)17)18-14(19-20)10-5-3-2-4-6-10/h7-10H,2-6,17H2,1H3. The van der Waals surface area contributed by atoms with Crippen molar-refractivity contribution in [3.05, 3.63) is 27.6 Å². The van der Waals surface area contributed by atoms with Gasteiger partial charge in [0.25, 0.3) is 0 Å². The van der Waals surface area contributed by atoms with Gasteiger partial charge in [-0.3, -0.25) is 0 Å². The van der Waals surface area contributed by atoms with E-state index in [0.717, 1.165) is 26.5 Å². The molecule has 1 aromatic heterocycles. The molecule has 1 fully saturated rings. The Morgan fingerprint density at radius 1 is 1.25 bits per heavy atom. The minimum absolute atomic E-state index is 0.521. The van der Waals surface area contributed by atoms with Crippen molar-refractivity contribution in [3.63, 3.8) is 0 Å². The Morgan fingerprint density at radius 2 is 2.00 bits per heavy atom. The molecule has 0 bridgehead atoms. The molecular formula is C15H19IN4. The van der Waals surface area contributed by atoms with Crippen LogP contribution in [0.25, 0.3) is 11.4 Å². The lowest BCUT2D eigenvalue weighted by Crippen LogP contribution is -2.06. The molecule has 0 atom stereocenters. The smallest absolute Gasteiger partial charge is 0.160 e. The number of rotatable bonds is 2. The number of nitrogen functional groups attached to an aromatic ring is 1. The van der Waals surface area contributed by atoms with Gasteiger partial charge in [0.15, 0.2) is 11.6 Å². The first kappa shape index (κ1) is 13.9. The predicted molar refractivity (Wildman–Crippen MR) is 89.4 cm³/mol. The first-order valence-corrected chi connectivity index (χ1v) is 8.19. The average molecular weight is 382 g/mol. The molecule has 4 nitrogen and oxygen atoms in total. The van der Waals surface area contributed by atoms with Crippen molar-refractivity contribution in [2.45, 2.75) is 38.0 Å². The number of hydrogen-bond donors (Lipinski definition) is 1. The second-order valence-electron chi connectivity index (χ2n) is 5.48. The fourth-order valence-corrected chi connectivity index (χ4v) is 3.39. The Bertz CT molecular complexity index is 614. The molecule has 2 aromatic rings. The van der Waals surface area contributed by atoms with Gasteiger partial charge >= 0.3 is 0 Å². The SMILES string of the molecule is Cn1nc(C2CCCCC2)nc1-c1cc(I)ccc1N. The molecule has 1 heterocycles. The fourth-order valence-electron chi connectivity index (χ4n) is 2.89. The Kier molecular flexibility index (Phi) is 3.96. The summed E-state index contributed by atoms with van der Waals surface area (Å²) in [4.78, 5) is 4.77. The van der Waals surface area contributed by atoms with Crippen LogP contribution in [-0.2, 0) is 7.05 Å². The highest BCUT2D eigenvalue weighted by atomic mass is 127. The van der Waals surface area contributed by atoms with Crippen LogP contribution in [-0.4, -0.2) is 14.8 Å². The van der Waals surface area contributed by atoms with Crippen molar-refractivity contribution < 1.29 is 0 Å². The lowest BCUT2D eigenvalue weighted by Gasteiger charge is -2.18. The molecule has 106 valence electrons. The lowest BCUT2D eigenvalue weighted by atomic mass is 9.89. The highest BCUT2D eigenvalue weighted by Crippen LogP contribution is 2.33. The maximum Gasteiger partial charge on any atom is 0.160 e. The molecule has 0 unspecified atom stereocenters. The minimum Gasteiger partial charge on any atom is -0.398 e. The van der Waals surface area contributed by atoms with E-state index in [9.17, 15) is 0 Å². The molecule has 2 N–H and O–H groups in total. The first-order valence-electron chi connectivity index (χ1n) is 7.11. The zero-order valence-electron chi connectivity index (χ0n) is 11.6. The third kappa shape index (κ3) is 2.68. The van der Waals surface area contributed by atoms with Gasteiger partial charge in [-0.05, 0) is 53.6 Å². The Balaban J connectivity index is 1.98. The highest BCUT2D eigenvalue weighted by molar-refractivity contribution is 14.1. The fraction of sp³-hybridized carbons (Fsp3) is 0.467. The minimum atomic E-state index is 0.521. The summed E-state index contributed by atoms with van der Waals surface area (Å²) in [7, 11) is 1.95. The number of aromatic nitrogens is 3. The number of nitrogens with zero attached hydrogens (tertiary/aromatic N) is 3. The van der Waals surface area contributed by atoms with Gasteiger partial charge in [-0.25, -0.2) is 9.67 Å². The van der Waals surface area contributed by atoms with E-state index in [2.05, 4.69) is 33.8 Å². The van der Waals surface area contributed by atoms with E-state index < -0.39 is 0 Å². The highest BCUT2D eigenvalue weighted by Gasteiger charge is 2.21. The van der Waals surface area contributed by atoms with E-state index in [4.69, 9.17) is 10.7 Å². The van der Waals surface area contributed by atoms with Crippen LogP contribution < -0.4 is 5.73 Å². The Labute approximate surface area is 132 Å². The Morgan fingerprint density at radius 3 is 2.75 bits per heavy atom. The molecule has 0 spiro atoms. The topological polar surface area (TPSA) is 56.7 Å². The maximum atomic E-state index is 6.09. The van der Waals surface area contributed by atoms with Gasteiger partial charge < -0.3 is 5.73 Å². The number of hydrogen-bond acceptors (Lipinski definition) is 3. The summed E-state index contributed by atoms with van der Waals surface area (Å²) < 4.78 is 3.03. The van der Waals surface area contributed by atoms with Crippen molar-refractivity contribution in [1.29, 1.82) is 0 Å². The van der Waals surface area contributed by atoms with Crippen LogP contribution >= 0.6 is 22.6 Å². The number of benzene rings is 1. The second-order valence-corrected chi connectivity index (χ2v) is 6.73. The van der Waals surface area contributed by atoms with Crippen molar-refractivity contribution in [2.24, 2.45) is 7.05 Å². The van der Waals surface area contributed by atoms with Crippen LogP contribution in [0.5, 0.6) is 0 Å². The molecule has 0 radical (unpaired) electrons. The van der Waals surface area contributed by atoms with Crippen LogP contribution in [0.2, 0.25) is 0 Å². The second kappa shape index (κ2) is 5.71. The van der Waals surface area contributed by atoms with Crippen molar-refractivity contribution >= 4 is 28.3 Å². The van der Waals surface area contributed by atoms with Crippen LogP contribution in [0, 0.1) is 3.57 Å². The Hall–Kier alpha value is -1.11. The lowest BCUT2D eigenvalue weighted by molar-refractivity contribution is 0.427. The third-order valence-corrected chi connectivity index (χ3v) is 4.68. The van der Waals surface area contributed by atoms with Crippen LogP contribution in [0.3, 0.4) is 0 Å². The number of anilines is 1. The number of halogens is 1. The number of nitrogens with two attached hydrogens (primary N) is 1. The molecule has 5 heteroatoms. The molecular weight excluding hydrogens is 363 g/mol. The predicted octanol–water partition coefficient (Wildman–Crippen LogP) is 3.72. The van der Waals surface area contributed by atoms with Gasteiger partial charge in [-0.2, -0.15) is 5.10 Å². The van der Waals surface area contributed by atoms with Gasteiger partial charge in [0.1, 0.15) is 0 Å². The molecule has 0 saturated heterocycles. The normalized spacial score (nSPS) is 16.5. The van der Waals surface area contributed by atoms with Gasteiger partial charge in [0, 0.05) is 27.8 Å². The van der Waals surface area contributed by atoms with E-state index in [-0.39, 0.29) is 0 Å². The zero-order valence-corrected chi connectivity index (χ0v) is 13.8. The van der Waals surface area contributed by atoms with Crippen LogP contribution in [0.4, 0.5) is 5.69 Å². The van der Waals surface area contributed by atoms with Crippen molar-refractivity contribution in [1.82, 2.24) is 14.8 Å². The van der Waals surface area contributed by atoms with Crippen LogP contribution in [0.1, 0.15) is 43.8 Å². The van der Waals surface area contributed by atoms with Gasteiger partial charge in [-0.1, -0.05) is 19.3 Å². The molecule has 1 saturated carbocycles. The largest absolute Gasteiger partial charge is 0.398 e. The molecule has 3 rings (SSSR count). The van der Waals surface area contributed by atoms with E-state index >= 15 is 0 Å². The van der Waals surface area contributed by atoms with Crippen molar-refractivity contribution in [3.8, 4) is 11.4 Å². The monoisotopic (exact) mass is 382 g/mol. The summed E-state index contributed by atoms with van der Waals surface area (Å²) in [5.41, 5.74) is 7.83. The summed E-state index contributed by atoms with van der Waals surface area (Å²) in [6, 6.07) is 6.02. The van der Waals surface area contributed by atoms with E-state index in [0.29, 0.717) is 5.92 Å². The van der Waals surface area contributed by atoms with E-state index in [1.165, 1.54) is 32.1 Å². The van der Waals surface area contributed by atoms with Gasteiger partial charge in [0.05, 0.1) is 0 Å². The molecule has 1 aliphatic rings. The van der Waals surface area contributed by atoms with Gasteiger partial charge in [0.2, 0.25) is 0 Å². The zero-order chi connectivity index (χ0) is 14.1. The van der Waals surface area contributed by atoms with E-state index in [1.54, 1.807) is 0 Å². The third-order valence-electron chi connectivity index (χ3n) is 4.01. The maximum absolute atomic E-state index is 6.09. The molecule has 1 aromatic carbocycles. The average Bonchev–Trinajstić information content (AvgIpc) is 2.84.